The molecule has 138 valence electrons. The Morgan fingerprint density at radius 3 is 2.27 bits per heavy atom. The molecule has 0 spiro atoms. The maximum atomic E-state index is 12.1. The van der Waals surface area contributed by atoms with Crippen LogP contribution in [0.3, 0.4) is 0 Å². The minimum absolute atomic E-state index is 0.0853. The van der Waals surface area contributed by atoms with Crippen LogP contribution in [0.4, 0.5) is 0 Å². The lowest BCUT2D eigenvalue weighted by Crippen LogP contribution is -2.16. The molecule has 0 amide bonds. The van der Waals surface area contributed by atoms with E-state index in [9.17, 15) is 18.0 Å². The Labute approximate surface area is 155 Å². The number of Topliss-reactive ketones (excluding diaryl/α,β-unsaturated/α-hetero) is 1. The van der Waals surface area contributed by atoms with Crippen LogP contribution in [0.2, 0.25) is 5.02 Å². The van der Waals surface area contributed by atoms with Crippen LogP contribution in [-0.4, -0.2) is 33.4 Å². The van der Waals surface area contributed by atoms with Gasteiger partial charge in [0.2, 0.25) is 10.0 Å². The fourth-order valence-corrected chi connectivity index (χ4v) is 3.12. The van der Waals surface area contributed by atoms with Crippen LogP contribution in [-0.2, 0) is 14.8 Å². The number of carbonyl (C=O) groups excluding carboxylic acids is 2. The van der Waals surface area contributed by atoms with Gasteiger partial charge >= 0.3 is 5.97 Å². The van der Waals surface area contributed by atoms with E-state index in [0.717, 1.165) is 6.07 Å². The molecule has 0 aromatic heterocycles. The largest absolute Gasteiger partial charge is 0.494 e. The summed E-state index contributed by atoms with van der Waals surface area (Å²) in [6.07, 6.45) is 0. The number of sulfonamides is 1. The number of hydrogen-bond acceptors (Lipinski definition) is 6. The summed E-state index contributed by atoms with van der Waals surface area (Å²) >= 11 is 5.75. The molecule has 0 aliphatic carbocycles. The zero-order valence-electron chi connectivity index (χ0n) is 13.8. The van der Waals surface area contributed by atoms with Gasteiger partial charge in [0, 0.05) is 5.56 Å². The third-order valence-electron chi connectivity index (χ3n) is 3.30. The van der Waals surface area contributed by atoms with E-state index in [4.69, 9.17) is 26.2 Å². The molecule has 0 unspecified atom stereocenters. The predicted octanol–water partition coefficient (Wildman–Crippen LogP) is 2.43. The fourth-order valence-electron chi connectivity index (χ4n) is 2.05. The number of nitrogens with two attached hydrogens (primary N) is 1. The first kappa shape index (κ1) is 19.9. The van der Waals surface area contributed by atoms with Gasteiger partial charge in [-0.1, -0.05) is 11.6 Å². The molecule has 7 nitrogen and oxygen atoms in total. The average Bonchev–Trinajstić information content (AvgIpc) is 2.59. The summed E-state index contributed by atoms with van der Waals surface area (Å²) in [5.41, 5.74) is 0.264. The van der Waals surface area contributed by atoms with Crippen molar-refractivity contribution in [1.82, 2.24) is 0 Å². The number of esters is 1. The van der Waals surface area contributed by atoms with Crippen molar-refractivity contribution >= 4 is 33.4 Å². The van der Waals surface area contributed by atoms with Crippen molar-refractivity contribution in [1.29, 1.82) is 0 Å². The molecule has 0 fully saturated rings. The number of benzene rings is 2. The van der Waals surface area contributed by atoms with Crippen LogP contribution in [0.25, 0.3) is 0 Å². The summed E-state index contributed by atoms with van der Waals surface area (Å²) in [5.74, 6) is -0.661. The van der Waals surface area contributed by atoms with E-state index in [1.807, 2.05) is 6.92 Å². The molecule has 26 heavy (non-hydrogen) atoms. The van der Waals surface area contributed by atoms with Crippen molar-refractivity contribution in [2.45, 2.75) is 11.8 Å². The molecule has 0 heterocycles. The van der Waals surface area contributed by atoms with E-state index >= 15 is 0 Å². The molecule has 9 heteroatoms. The molecule has 2 aromatic rings. The SMILES string of the molecule is CCOc1ccc(C(=O)COC(=O)c2ccc(Cl)c(S(N)(=O)=O)c2)cc1. The third kappa shape index (κ3) is 5.04. The van der Waals surface area contributed by atoms with Crippen LogP contribution in [0, 0.1) is 0 Å². The first-order valence-corrected chi connectivity index (χ1v) is 9.40. The van der Waals surface area contributed by atoms with Crippen molar-refractivity contribution in [2.24, 2.45) is 5.14 Å². The predicted molar refractivity (Wildman–Crippen MR) is 95.0 cm³/mol. The average molecular weight is 398 g/mol. The molecule has 0 radical (unpaired) electrons. The number of ether oxygens (including phenoxy) is 2. The monoisotopic (exact) mass is 397 g/mol. The highest BCUT2D eigenvalue weighted by Crippen LogP contribution is 2.22. The van der Waals surface area contributed by atoms with Crippen LogP contribution in [0.5, 0.6) is 5.75 Å². The van der Waals surface area contributed by atoms with Gasteiger partial charge in [0.15, 0.2) is 12.4 Å². The van der Waals surface area contributed by atoms with Gasteiger partial charge in [-0.15, -0.1) is 0 Å². The highest BCUT2D eigenvalue weighted by atomic mass is 35.5. The minimum Gasteiger partial charge on any atom is -0.494 e. The van der Waals surface area contributed by atoms with Crippen LogP contribution in [0.1, 0.15) is 27.6 Å². The Morgan fingerprint density at radius 2 is 1.69 bits per heavy atom. The summed E-state index contributed by atoms with van der Waals surface area (Å²) in [5, 5.41) is 4.91. The Bertz CT molecular complexity index is 925. The number of hydrogen-bond donors (Lipinski definition) is 1. The maximum absolute atomic E-state index is 12.1. The van der Waals surface area contributed by atoms with Gasteiger partial charge in [-0.3, -0.25) is 4.79 Å². The van der Waals surface area contributed by atoms with E-state index < -0.39 is 33.3 Å². The van der Waals surface area contributed by atoms with Crippen molar-refractivity contribution in [3.05, 3.63) is 58.6 Å². The Kier molecular flexibility index (Phi) is 6.36. The number of rotatable bonds is 7. The van der Waals surface area contributed by atoms with E-state index in [2.05, 4.69) is 0 Å². The zero-order chi connectivity index (χ0) is 19.3. The second kappa shape index (κ2) is 8.31. The first-order chi connectivity index (χ1) is 12.2. The van der Waals surface area contributed by atoms with Crippen LogP contribution in [0.15, 0.2) is 47.4 Å². The molecule has 0 aliphatic rings. The maximum Gasteiger partial charge on any atom is 0.338 e. The minimum atomic E-state index is -4.09. The smallest absolute Gasteiger partial charge is 0.338 e. The quantitative estimate of drug-likeness (QED) is 0.567. The Hall–Kier alpha value is -2.42. The number of primary sulfonamides is 1. The van der Waals surface area contributed by atoms with Gasteiger partial charge in [-0.25, -0.2) is 18.4 Å². The number of carbonyl (C=O) groups is 2. The second-order valence-electron chi connectivity index (χ2n) is 5.15. The highest BCUT2D eigenvalue weighted by Gasteiger charge is 2.18. The number of halogens is 1. The van der Waals surface area contributed by atoms with Crippen LogP contribution >= 0.6 is 11.6 Å². The molecule has 2 rings (SSSR count). The third-order valence-corrected chi connectivity index (χ3v) is 4.69. The lowest BCUT2D eigenvalue weighted by atomic mass is 10.1. The lowest BCUT2D eigenvalue weighted by Gasteiger charge is -2.07. The van der Waals surface area contributed by atoms with Gasteiger partial charge in [-0.2, -0.15) is 0 Å². The summed E-state index contributed by atoms with van der Waals surface area (Å²) in [6, 6.07) is 9.88. The van der Waals surface area contributed by atoms with Crippen LogP contribution < -0.4 is 9.88 Å². The molecule has 2 aromatic carbocycles. The number of ketones is 1. The molecule has 0 aliphatic heterocycles. The van der Waals surface area contributed by atoms with Crippen molar-refractivity contribution in [3.63, 3.8) is 0 Å². The molecule has 2 N–H and O–H groups in total. The fraction of sp³-hybridized carbons (Fsp3) is 0.176. The standard InChI is InChI=1S/C17H16ClNO6S/c1-2-24-13-6-3-11(4-7-13)15(20)10-25-17(21)12-5-8-14(18)16(9-12)26(19,22)23/h3-9H,2,10H2,1H3,(H2,19,22,23). The van der Waals surface area contributed by atoms with Crippen molar-refractivity contribution in [3.8, 4) is 5.75 Å². The normalized spacial score (nSPS) is 11.0. The van der Waals surface area contributed by atoms with Crippen molar-refractivity contribution in [2.75, 3.05) is 13.2 Å². The van der Waals surface area contributed by atoms with Gasteiger partial charge in [-0.05, 0) is 49.4 Å². The molecular formula is C17H16ClNO6S. The topological polar surface area (TPSA) is 113 Å². The van der Waals surface area contributed by atoms with Crippen molar-refractivity contribution < 1.29 is 27.5 Å². The van der Waals surface area contributed by atoms with E-state index in [1.54, 1.807) is 24.3 Å². The van der Waals surface area contributed by atoms with E-state index in [0.29, 0.717) is 17.9 Å². The second-order valence-corrected chi connectivity index (χ2v) is 7.08. The molecule has 0 saturated carbocycles. The summed E-state index contributed by atoms with van der Waals surface area (Å²) in [6.45, 7) is 1.85. The molecule has 0 saturated heterocycles. The Morgan fingerprint density at radius 1 is 1.08 bits per heavy atom. The van der Waals surface area contributed by atoms with Gasteiger partial charge in [0.05, 0.1) is 17.2 Å². The molecular weight excluding hydrogens is 382 g/mol. The summed E-state index contributed by atoms with van der Waals surface area (Å²) < 4.78 is 33.1. The molecule has 0 atom stereocenters. The van der Waals surface area contributed by atoms with E-state index in [-0.39, 0.29) is 10.6 Å². The van der Waals surface area contributed by atoms with Gasteiger partial charge in [0.25, 0.3) is 0 Å². The first-order valence-electron chi connectivity index (χ1n) is 7.48. The Balaban J connectivity index is 2.05. The molecule has 0 bridgehead atoms. The summed E-state index contributed by atoms with van der Waals surface area (Å²) in [4.78, 5) is 23.7. The van der Waals surface area contributed by atoms with Gasteiger partial charge in [0.1, 0.15) is 10.6 Å². The van der Waals surface area contributed by atoms with Gasteiger partial charge < -0.3 is 9.47 Å². The zero-order valence-corrected chi connectivity index (χ0v) is 15.3. The highest BCUT2D eigenvalue weighted by molar-refractivity contribution is 7.89. The lowest BCUT2D eigenvalue weighted by molar-refractivity contribution is 0.0474. The van der Waals surface area contributed by atoms with E-state index in [1.165, 1.54) is 12.1 Å². The summed E-state index contributed by atoms with van der Waals surface area (Å²) in [7, 11) is -4.09.